The van der Waals surface area contributed by atoms with Gasteiger partial charge in [0.1, 0.15) is 0 Å². The van der Waals surface area contributed by atoms with Crippen molar-refractivity contribution < 1.29 is 9.16 Å². The van der Waals surface area contributed by atoms with Crippen LogP contribution in [0.15, 0.2) is 12.0 Å². The van der Waals surface area contributed by atoms with Crippen molar-refractivity contribution >= 4 is 8.32 Å². The number of hydrogen-bond donors (Lipinski definition) is 0. The summed E-state index contributed by atoms with van der Waals surface area (Å²) in [5.74, 6) is 0.659. The maximum atomic E-state index is 5.74. The molecule has 0 aromatic carbocycles. The lowest BCUT2D eigenvalue weighted by Crippen LogP contribution is -2.26. The Morgan fingerprint density at radius 2 is 1.62 bits per heavy atom. The normalized spacial score (nSPS) is 14.2. The molecule has 3 heteroatoms. The summed E-state index contributed by atoms with van der Waals surface area (Å²) in [4.78, 5) is 0. The molecule has 0 atom stereocenters. The highest BCUT2D eigenvalue weighted by Crippen LogP contribution is 2.20. The predicted molar refractivity (Wildman–Crippen MR) is 59.0 cm³/mol. The average Bonchev–Trinajstić information content (AvgIpc) is 1.79. The minimum atomic E-state index is -1.53. The number of hydrogen-bond acceptors (Lipinski definition) is 2. The van der Waals surface area contributed by atoms with E-state index in [0.717, 1.165) is 0 Å². The third kappa shape index (κ3) is 7.90. The smallest absolute Gasteiger partial charge is 0.261 e. The second-order valence-electron chi connectivity index (χ2n) is 5.25. The van der Waals surface area contributed by atoms with E-state index in [9.17, 15) is 0 Å². The first kappa shape index (κ1) is 12.6. The fourth-order valence-electron chi connectivity index (χ4n) is 0.785. The van der Waals surface area contributed by atoms with Crippen LogP contribution in [0.25, 0.3) is 0 Å². The van der Waals surface area contributed by atoms with Crippen molar-refractivity contribution in [2.75, 3.05) is 7.11 Å². The van der Waals surface area contributed by atoms with Crippen molar-refractivity contribution in [3.63, 3.8) is 0 Å². The molecular formula is C10H22O2Si. The van der Waals surface area contributed by atoms with Crippen LogP contribution in [-0.4, -0.2) is 15.4 Å². The highest BCUT2D eigenvalue weighted by molar-refractivity contribution is 6.69. The van der Waals surface area contributed by atoms with Gasteiger partial charge in [0.25, 0.3) is 5.95 Å². The van der Waals surface area contributed by atoms with Crippen molar-refractivity contribution in [2.45, 2.75) is 40.4 Å². The molecule has 0 heterocycles. The molecule has 0 spiro atoms. The lowest BCUT2D eigenvalue weighted by Gasteiger charge is -2.23. The Hall–Kier alpha value is -0.443. The van der Waals surface area contributed by atoms with Gasteiger partial charge in [-0.2, -0.15) is 0 Å². The average molecular weight is 202 g/mol. The summed E-state index contributed by atoms with van der Waals surface area (Å²) in [6.07, 6.45) is 2.02. The predicted octanol–water partition coefficient (Wildman–Crippen LogP) is 3.37. The third-order valence-corrected chi connectivity index (χ3v) is 1.97. The molecule has 0 aromatic rings. The highest BCUT2D eigenvalue weighted by Gasteiger charge is 2.19. The van der Waals surface area contributed by atoms with Gasteiger partial charge in [0.05, 0.1) is 7.11 Å². The van der Waals surface area contributed by atoms with Gasteiger partial charge < -0.3 is 9.16 Å². The molecule has 0 saturated carbocycles. The summed E-state index contributed by atoms with van der Waals surface area (Å²) < 4.78 is 10.9. The molecule has 0 rings (SSSR count). The van der Waals surface area contributed by atoms with Crippen LogP contribution in [0, 0.1) is 5.41 Å². The van der Waals surface area contributed by atoms with Crippen LogP contribution in [0.3, 0.4) is 0 Å². The Labute approximate surface area is 83.1 Å². The summed E-state index contributed by atoms with van der Waals surface area (Å²) in [5.41, 5.74) is 0.102. The van der Waals surface area contributed by atoms with Gasteiger partial charge in [0, 0.05) is 6.08 Å². The van der Waals surface area contributed by atoms with E-state index in [0.29, 0.717) is 5.95 Å². The number of ether oxygens (including phenoxy) is 1. The Morgan fingerprint density at radius 1 is 1.15 bits per heavy atom. The molecule has 0 fully saturated rings. The van der Waals surface area contributed by atoms with Gasteiger partial charge in [0.15, 0.2) is 0 Å². The Bertz CT molecular complexity index is 184. The van der Waals surface area contributed by atoms with Gasteiger partial charge >= 0.3 is 0 Å². The van der Waals surface area contributed by atoms with E-state index in [1.165, 1.54) is 0 Å². The molecule has 0 aliphatic rings. The molecule has 13 heavy (non-hydrogen) atoms. The maximum Gasteiger partial charge on any atom is 0.261 e. The van der Waals surface area contributed by atoms with E-state index in [2.05, 4.69) is 40.4 Å². The van der Waals surface area contributed by atoms with Crippen LogP contribution in [0.4, 0.5) is 0 Å². The summed E-state index contributed by atoms with van der Waals surface area (Å²) in [6, 6.07) is 0. The SMILES string of the molecule is CO/C(=C/C(C)(C)C)O[Si](C)(C)C. The second kappa shape index (κ2) is 4.18. The molecule has 0 bridgehead atoms. The zero-order chi connectivity index (χ0) is 10.7. The van der Waals surface area contributed by atoms with Crippen LogP contribution >= 0.6 is 0 Å². The van der Waals surface area contributed by atoms with Crippen molar-refractivity contribution in [3.05, 3.63) is 12.0 Å². The first-order valence-electron chi connectivity index (χ1n) is 4.60. The molecule has 2 nitrogen and oxygen atoms in total. The lowest BCUT2D eigenvalue weighted by atomic mass is 9.97. The van der Waals surface area contributed by atoms with E-state index in [4.69, 9.17) is 9.16 Å². The van der Waals surface area contributed by atoms with E-state index in [-0.39, 0.29) is 5.41 Å². The molecular weight excluding hydrogens is 180 g/mol. The molecule has 0 radical (unpaired) electrons. The topological polar surface area (TPSA) is 18.5 Å². The molecule has 0 amide bonds. The molecule has 0 aromatic heterocycles. The van der Waals surface area contributed by atoms with Crippen molar-refractivity contribution in [1.82, 2.24) is 0 Å². The quantitative estimate of drug-likeness (QED) is 0.516. The first-order valence-corrected chi connectivity index (χ1v) is 8.01. The van der Waals surface area contributed by atoms with E-state index in [1.54, 1.807) is 7.11 Å². The van der Waals surface area contributed by atoms with Gasteiger partial charge in [-0.05, 0) is 25.1 Å². The van der Waals surface area contributed by atoms with Gasteiger partial charge in [-0.1, -0.05) is 20.8 Å². The zero-order valence-electron chi connectivity index (χ0n) is 9.89. The fourth-order valence-corrected chi connectivity index (χ4v) is 1.53. The molecule has 0 aliphatic carbocycles. The summed E-state index contributed by atoms with van der Waals surface area (Å²) >= 11 is 0. The summed E-state index contributed by atoms with van der Waals surface area (Å²) in [5, 5.41) is 0. The third-order valence-electron chi connectivity index (χ3n) is 1.16. The first-order chi connectivity index (χ1) is 5.64. The molecule has 0 aliphatic heterocycles. The van der Waals surface area contributed by atoms with E-state index in [1.807, 2.05) is 6.08 Å². The van der Waals surface area contributed by atoms with Crippen LogP contribution in [-0.2, 0) is 9.16 Å². The van der Waals surface area contributed by atoms with Crippen LogP contribution in [0.2, 0.25) is 19.6 Å². The van der Waals surface area contributed by atoms with Crippen LogP contribution in [0.1, 0.15) is 20.8 Å². The second-order valence-corrected chi connectivity index (χ2v) is 9.68. The van der Waals surface area contributed by atoms with E-state index >= 15 is 0 Å². The van der Waals surface area contributed by atoms with Gasteiger partial charge in [-0.15, -0.1) is 0 Å². The molecule has 0 unspecified atom stereocenters. The minimum absolute atomic E-state index is 0.102. The minimum Gasteiger partial charge on any atom is -0.520 e. The van der Waals surface area contributed by atoms with Gasteiger partial charge in [-0.3, -0.25) is 0 Å². The van der Waals surface area contributed by atoms with Crippen LogP contribution < -0.4 is 0 Å². The highest BCUT2D eigenvalue weighted by atomic mass is 28.4. The molecule has 0 N–H and O–H groups in total. The van der Waals surface area contributed by atoms with Crippen molar-refractivity contribution in [1.29, 1.82) is 0 Å². The Balaban J connectivity index is 4.45. The molecule has 0 saturated heterocycles. The largest absolute Gasteiger partial charge is 0.520 e. The summed E-state index contributed by atoms with van der Waals surface area (Å²) in [7, 11) is 0.116. The van der Waals surface area contributed by atoms with Crippen molar-refractivity contribution in [2.24, 2.45) is 5.41 Å². The zero-order valence-corrected chi connectivity index (χ0v) is 10.9. The number of allylic oxidation sites excluding steroid dienone is 1. The number of rotatable bonds is 3. The van der Waals surface area contributed by atoms with Gasteiger partial charge in [-0.25, -0.2) is 0 Å². The summed E-state index contributed by atoms with van der Waals surface area (Å²) in [6.45, 7) is 12.8. The fraction of sp³-hybridized carbons (Fsp3) is 0.800. The maximum absolute atomic E-state index is 5.74. The Morgan fingerprint density at radius 3 is 1.85 bits per heavy atom. The van der Waals surface area contributed by atoms with Crippen LogP contribution in [0.5, 0.6) is 0 Å². The molecule has 78 valence electrons. The standard InChI is InChI=1S/C10H22O2Si/c1-10(2,3)8-9(11-4)12-13(5,6)7/h8H,1-7H3/b9-8-. The van der Waals surface area contributed by atoms with Gasteiger partial charge in [0.2, 0.25) is 8.32 Å². The Kier molecular flexibility index (Phi) is 4.04. The van der Waals surface area contributed by atoms with Crippen molar-refractivity contribution in [3.8, 4) is 0 Å². The monoisotopic (exact) mass is 202 g/mol. The lowest BCUT2D eigenvalue weighted by molar-refractivity contribution is 0.141. The van der Waals surface area contributed by atoms with E-state index < -0.39 is 8.32 Å². The number of methoxy groups -OCH3 is 1.